The monoisotopic (exact) mass is 410 g/mol. The van der Waals surface area contributed by atoms with E-state index < -0.39 is 6.10 Å². The van der Waals surface area contributed by atoms with E-state index in [0.717, 1.165) is 47.7 Å². The molecule has 1 heterocycles. The van der Waals surface area contributed by atoms with Gasteiger partial charge in [-0.1, -0.05) is 54.1 Å². The Morgan fingerprint density at radius 1 is 1.00 bits per heavy atom. The molecule has 4 rings (SSSR count). The molecule has 0 radical (unpaired) electrons. The molecule has 3 aromatic carbocycles. The van der Waals surface area contributed by atoms with Gasteiger partial charge >= 0.3 is 0 Å². The van der Waals surface area contributed by atoms with Crippen LogP contribution in [0.5, 0.6) is 5.75 Å². The van der Waals surface area contributed by atoms with Gasteiger partial charge in [-0.25, -0.2) is 0 Å². The zero-order chi connectivity index (χ0) is 20.2. The molecular weight excluding hydrogens is 384 g/mol. The Morgan fingerprint density at radius 2 is 1.76 bits per heavy atom. The fourth-order valence-corrected chi connectivity index (χ4v) is 4.12. The Morgan fingerprint density at radius 3 is 2.59 bits per heavy atom. The van der Waals surface area contributed by atoms with Crippen LogP contribution in [0.25, 0.3) is 10.8 Å². The molecule has 0 bridgehead atoms. The summed E-state index contributed by atoms with van der Waals surface area (Å²) in [5.74, 6) is 0.823. The fraction of sp³-hybridized carbons (Fsp3) is 0.333. The minimum atomic E-state index is -0.520. The van der Waals surface area contributed by atoms with Gasteiger partial charge in [0, 0.05) is 48.8 Å². The van der Waals surface area contributed by atoms with Crippen LogP contribution in [-0.4, -0.2) is 55.4 Å². The highest BCUT2D eigenvalue weighted by Crippen LogP contribution is 2.26. The van der Waals surface area contributed by atoms with Gasteiger partial charge in [0.15, 0.2) is 0 Å². The summed E-state index contributed by atoms with van der Waals surface area (Å²) in [6, 6.07) is 20.2. The molecule has 3 aromatic rings. The molecule has 1 aliphatic heterocycles. The summed E-state index contributed by atoms with van der Waals surface area (Å²) in [7, 11) is 0. The number of anilines is 1. The van der Waals surface area contributed by atoms with Crippen molar-refractivity contribution in [1.82, 2.24) is 4.90 Å². The molecule has 0 amide bonds. The molecule has 0 unspecified atom stereocenters. The molecule has 0 aromatic heterocycles. The predicted octanol–water partition coefficient (Wildman–Crippen LogP) is 4.36. The van der Waals surface area contributed by atoms with Gasteiger partial charge in [0.05, 0.1) is 0 Å². The van der Waals surface area contributed by atoms with Crippen molar-refractivity contribution in [3.63, 3.8) is 0 Å². The van der Waals surface area contributed by atoms with Crippen LogP contribution in [0.3, 0.4) is 0 Å². The van der Waals surface area contributed by atoms with Crippen LogP contribution in [0.15, 0.2) is 60.7 Å². The Bertz CT molecular complexity index is 965. The topological polar surface area (TPSA) is 35.9 Å². The first-order valence-corrected chi connectivity index (χ1v) is 10.5. The lowest BCUT2D eigenvalue weighted by atomic mass is 10.1. The largest absolute Gasteiger partial charge is 0.490 e. The number of fused-ring (bicyclic) bond motifs is 1. The maximum Gasteiger partial charge on any atom is 0.127 e. The van der Waals surface area contributed by atoms with E-state index in [4.69, 9.17) is 16.3 Å². The van der Waals surface area contributed by atoms with Crippen molar-refractivity contribution in [2.24, 2.45) is 0 Å². The van der Waals surface area contributed by atoms with Gasteiger partial charge in [0.2, 0.25) is 0 Å². The van der Waals surface area contributed by atoms with Gasteiger partial charge in [0.25, 0.3) is 0 Å². The Hall–Kier alpha value is -2.27. The third kappa shape index (κ3) is 4.84. The Balaban J connectivity index is 1.29. The SMILES string of the molecule is Cc1ccc(Cl)cc1N1CCN(C[C@H](O)COc2cccc3ccccc23)CC1. The van der Waals surface area contributed by atoms with Crippen molar-refractivity contribution in [2.45, 2.75) is 13.0 Å². The summed E-state index contributed by atoms with van der Waals surface area (Å²) in [6.07, 6.45) is -0.520. The van der Waals surface area contributed by atoms with Crippen molar-refractivity contribution in [1.29, 1.82) is 0 Å². The molecular formula is C24H27ClN2O2. The smallest absolute Gasteiger partial charge is 0.127 e. The van der Waals surface area contributed by atoms with E-state index in [9.17, 15) is 5.11 Å². The number of aliphatic hydroxyl groups excluding tert-OH is 1. The van der Waals surface area contributed by atoms with E-state index in [1.54, 1.807) is 0 Å². The molecule has 0 aliphatic carbocycles. The molecule has 1 N–H and O–H groups in total. The predicted molar refractivity (Wildman–Crippen MR) is 120 cm³/mol. The summed E-state index contributed by atoms with van der Waals surface area (Å²) in [5, 5.41) is 13.5. The average Bonchev–Trinajstić information content (AvgIpc) is 2.74. The van der Waals surface area contributed by atoms with E-state index in [0.29, 0.717) is 13.2 Å². The lowest BCUT2D eigenvalue weighted by molar-refractivity contribution is 0.0668. The van der Waals surface area contributed by atoms with E-state index in [1.807, 2.05) is 42.5 Å². The molecule has 0 spiro atoms. The molecule has 0 saturated carbocycles. The number of benzene rings is 3. The molecule has 5 heteroatoms. The van der Waals surface area contributed by atoms with Crippen LogP contribution in [-0.2, 0) is 0 Å². The van der Waals surface area contributed by atoms with Crippen molar-refractivity contribution in [2.75, 3.05) is 44.2 Å². The first-order chi connectivity index (χ1) is 14.1. The van der Waals surface area contributed by atoms with Crippen LogP contribution >= 0.6 is 11.6 Å². The molecule has 1 aliphatic rings. The second-order valence-corrected chi connectivity index (χ2v) is 8.10. The minimum absolute atomic E-state index is 0.293. The van der Waals surface area contributed by atoms with Crippen molar-refractivity contribution in [3.8, 4) is 5.75 Å². The minimum Gasteiger partial charge on any atom is -0.490 e. The number of piperazine rings is 1. The van der Waals surface area contributed by atoms with Crippen molar-refractivity contribution < 1.29 is 9.84 Å². The number of aryl methyl sites for hydroxylation is 1. The number of nitrogens with zero attached hydrogens (tertiary/aromatic N) is 2. The third-order valence-corrected chi connectivity index (χ3v) is 5.77. The van der Waals surface area contributed by atoms with Gasteiger partial charge in [0.1, 0.15) is 18.5 Å². The van der Waals surface area contributed by atoms with Gasteiger partial charge < -0.3 is 14.7 Å². The second kappa shape index (κ2) is 9.04. The lowest BCUT2D eigenvalue weighted by Gasteiger charge is -2.37. The number of hydrogen-bond acceptors (Lipinski definition) is 4. The molecule has 1 fully saturated rings. The maximum atomic E-state index is 10.5. The molecule has 4 nitrogen and oxygen atoms in total. The Kier molecular flexibility index (Phi) is 6.24. The van der Waals surface area contributed by atoms with Gasteiger partial charge in [-0.15, -0.1) is 0 Å². The molecule has 29 heavy (non-hydrogen) atoms. The standard InChI is InChI=1S/C24H27ClN2O2/c1-18-9-10-20(25)15-23(18)27-13-11-26(12-14-27)16-21(28)17-29-24-8-4-6-19-5-2-3-7-22(19)24/h2-10,15,21,28H,11-14,16-17H2,1H3/t21-/m0/s1. The fourth-order valence-electron chi connectivity index (χ4n) is 3.95. The van der Waals surface area contributed by atoms with Crippen molar-refractivity contribution >= 4 is 28.1 Å². The number of ether oxygens (including phenoxy) is 1. The van der Waals surface area contributed by atoms with Gasteiger partial charge in [-0.2, -0.15) is 0 Å². The summed E-state index contributed by atoms with van der Waals surface area (Å²) >= 11 is 6.17. The van der Waals surface area contributed by atoms with Crippen LogP contribution in [0.2, 0.25) is 5.02 Å². The highest BCUT2D eigenvalue weighted by Gasteiger charge is 2.21. The van der Waals surface area contributed by atoms with Crippen LogP contribution in [0.1, 0.15) is 5.56 Å². The van der Waals surface area contributed by atoms with E-state index in [-0.39, 0.29) is 0 Å². The van der Waals surface area contributed by atoms with E-state index in [1.165, 1.54) is 11.3 Å². The molecule has 1 atom stereocenters. The first-order valence-electron chi connectivity index (χ1n) is 10.1. The number of rotatable bonds is 6. The summed E-state index contributed by atoms with van der Waals surface area (Å²) in [6.45, 7) is 6.71. The Labute approximate surface area is 177 Å². The molecule has 1 saturated heterocycles. The lowest BCUT2D eigenvalue weighted by Crippen LogP contribution is -2.49. The third-order valence-electron chi connectivity index (χ3n) is 5.53. The summed E-state index contributed by atoms with van der Waals surface area (Å²) in [5.41, 5.74) is 2.45. The highest BCUT2D eigenvalue weighted by molar-refractivity contribution is 6.30. The van der Waals surface area contributed by atoms with Gasteiger partial charge in [-0.3, -0.25) is 4.90 Å². The number of β-amino-alcohol motifs (C(OH)–C–C–N with tert-alkyl or cyclic N) is 1. The van der Waals surface area contributed by atoms with Crippen molar-refractivity contribution in [3.05, 3.63) is 71.2 Å². The zero-order valence-corrected chi connectivity index (χ0v) is 17.5. The number of hydrogen-bond donors (Lipinski definition) is 1. The zero-order valence-electron chi connectivity index (χ0n) is 16.7. The van der Waals surface area contributed by atoms with E-state index >= 15 is 0 Å². The van der Waals surface area contributed by atoms with E-state index in [2.05, 4.69) is 34.9 Å². The second-order valence-electron chi connectivity index (χ2n) is 7.66. The summed E-state index contributed by atoms with van der Waals surface area (Å²) < 4.78 is 5.94. The number of halogens is 1. The first kappa shape index (κ1) is 20.0. The normalized spacial score (nSPS) is 16.2. The molecule has 152 valence electrons. The average molecular weight is 411 g/mol. The highest BCUT2D eigenvalue weighted by atomic mass is 35.5. The van der Waals surface area contributed by atoms with Crippen LogP contribution in [0.4, 0.5) is 5.69 Å². The quantitative estimate of drug-likeness (QED) is 0.654. The van der Waals surface area contributed by atoms with Crippen LogP contribution < -0.4 is 9.64 Å². The number of aliphatic hydroxyl groups is 1. The summed E-state index contributed by atoms with van der Waals surface area (Å²) in [4.78, 5) is 4.67. The van der Waals surface area contributed by atoms with Gasteiger partial charge in [-0.05, 0) is 36.1 Å². The maximum absolute atomic E-state index is 10.5. The van der Waals surface area contributed by atoms with Crippen LogP contribution in [0, 0.1) is 6.92 Å².